The number of carbonyl (C=O) groups excluding carboxylic acids is 2. The molecule has 2 aromatic carbocycles. The summed E-state index contributed by atoms with van der Waals surface area (Å²) in [5.41, 5.74) is 2.44. The van der Waals surface area contributed by atoms with E-state index in [1.165, 1.54) is 14.2 Å². The lowest BCUT2D eigenvalue weighted by Gasteiger charge is -2.30. The van der Waals surface area contributed by atoms with Gasteiger partial charge in [0.15, 0.2) is 0 Å². The highest BCUT2D eigenvalue weighted by molar-refractivity contribution is 5.98. The van der Waals surface area contributed by atoms with Gasteiger partial charge in [-0.05, 0) is 18.1 Å². The summed E-state index contributed by atoms with van der Waals surface area (Å²) in [5, 5.41) is 0. The molecule has 0 spiro atoms. The summed E-state index contributed by atoms with van der Waals surface area (Å²) in [6.45, 7) is 3.13. The molecule has 3 rings (SSSR count). The van der Waals surface area contributed by atoms with Gasteiger partial charge in [0.05, 0.1) is 31.3 Å². The molecule has 0 atom stereocenters. The third-order valence-electron chi connectivity index (χ3n) is 5.31. The molecule has 0 aliphatic carbocycles. The summed E-state index contributed by atoms with van der Waals surface area (Å²) in [6.07, 6.45) is 5.41. The first-order valence-electron chi connectivity index (χ1n) is 10.7. The molecule has 6 nitrogen and oxygen atoms in total. The summed E-state index contributed by atoms with van der Waals surface area (Å²) in [7, 11) is 2.68. The molecular weight excluding hydrogens is 406 g/mol. The molecule has 0 unspecified atom stereocenters. The number of benzene rings is 2. The number of esters is 2. The number of hydrogen-bond acceptors (Lipinski definition) is 6. The van der Waals surface area contributed by atoms with Gasteiger partial charge >= 0.3 is 11.9 Å². The average Bonchev–Trinajstić information content (AvgIpc) is 2.85. The minimum Gasteiger partial charge on any atom is -0.489 e. The normalized spacial score (nSPS) is 13.8. The van der Waals surface area contributed by atoms with Gasteiger partial charge in [0, 0.05) is 24.5 Å². The minimum atomic E-state index is -0.667. The Morgan fingerprint density at radius 1 is 0.875 bits per heavy atom. The highest BCUT2D eigenvalue weighted by Crippen LogP contribution is 2.41. The smallest absolute Gasteiger partial charge is 0.336 e. The highest BCUT2D eigenvalue weighted by Gasteiger charge is 2.36. The Balaban J connectivity index is 2.03. The molecule has 0 saturated carbocycles. The van der Waals surface area contributed by atoms with Crippen LogP contribution in [-0.2, 0) is 25.7 Å². The van der Waals surface area contributed by atoms with Crippen molar-refractivity contribution in [3.63, 3.8) is 0 Å². The first-order valence-corrected chi connectivity index (χ1v) is 10.7. The lowest BCUT2D eigenvalue weighted by Crippen LogP contribution is -2.29. The molecular formula is C26H29NO5. The predicted octanol–water partition coefficient (Wildman–Crippen LogP) is 4.58. The highest BCUT2D eigenvalue weighted by atomic mass is 16.5. The molecule has 1 heterocycles. The monoisotopic (exact) mass is 435 g/mol. The Morgan fingerprint density at radius 3 is 2.06 bits per heavy atom. The molecule has 0 N–H and O–H groups in total. The van der Waals surface area contributed by atoms with Gasteiger partial charge in [-0.2, -0.15) is 0 Å². The van der Waals surface area contributed by atoms with E-state index in [1.54, 1.807) is 12.4 Å². The van der Waals surface area contributed by atoms with Gasteiger partial charge in [0.2, 0.25) is 0 Å². The number of ether oxygens (including phenoxy) is 3. The fourth-order valence-corrected chi connectivity index (χ4v) is 3.68. The second-order valence-corrected chi connectivity index (χ2v) is 7.49. The fourth-order valence-electron chi connectivity index (χ4n) is 3.68. The van der Waals surface area contributed by atoms with E-state index in [0.29, 0.717) is 35.6 Å². The zero-order chi connectivity index (χ0) is 22.9. The summed E-state index contributed by atoms with van der Waals surface area (Å²) >= 11 is 0. The maximum Gasteiger partial charge on any atom is 0.336 e. The molecule has 2 aromatic rings. The number of unbranched alkanes of at least 4 members (excludes halogenated alkanes) is 1. The topological polar surface area (TPSA) is 65.1 Å². The first-order chi connectivity index (χ1) is 15.6. The molecule has 6 heteroatoms. The third-order valence-corrected chi connectivity index (χ3v) is 5.31. The molecule has 168 valence electrons. The van der Waals surface area contributed by atoms with Crippen molar-refractivity contribution < 1.29 is 23.8 Å². The van der Waals surface area contributed by atoms with Crippen LogP contribution in [0, 0.1) is 0 Å². The zero-order valence-electron chi connectivity index (χ0n) is 18.7. The van der Waals surface area contributed by atoms with Crippen LogP contribution in [0.1, 0.15) is 36.8 Å². The molecule has 0 radical (unpaired) electrons. The molecule has 0 fully saturated rings. The molecule has 32 heavy (non-hydrogen) atoms. The number of methoxy groups -OCH3 is 2. The lowest BCUT2D eigenvalue weighted by atomic mass is 9.82. The second-order valence-electron chi connectivity index (χ2n) is 7.49. The lowest BCUT2D eigenvalue weighted by molar-refractivity contribution is -0.137. The second kappa shape index (κ2) is 11.2. The minimum absolute atomic E-state index is 0.363. The first kappa shape index (κ1) is 23.1. The maximum atomic E-state index is 12.8. The molecule has 1 aliphatic heterocycles. The number of hydrogen-bond donors (Lipinski definition) is 0. The summed E-state index contributed by atoms with van der Waals surface area (Å²) in [5.74, 6) is -1.07. The van der Waals surface area contributed by atoms with E-state index < -0.39 is 17.9 Å². The SMILES string of the molecule is CCCCN1C=C(C(=O)OC)C(c2ccccc2OCc2ccccc2)C(C(=O)OC)=C1. The van der Waals surface area contributed by atoms with E-state index in [0.717, 1.165) is 18.4 Å². The number of para-hydroxylation sites is 1. The average molecular weight is 436 g/mol. The van der Waals surface area contributed by atoms with Crippen molar-refractivity contribution in [1.29, 1.82) is 0 Å². The summed E-state index contributed by atoms with van der Waals surface area (Å²) in [6, 6.07) is 17.2. The van der Waals surface area contributed by atoms with Gasteiger partial charge in [-0.1, -0.05) is 61.9 Å². The van der Waals surface area contributed by atoms with Gasteiger partial charge in [0.25, 0.3) is 0 Å². The number of carbonyl (C=O) groups is 2. The zero-order valence-corrected chi connectivity index (χ0v) is 18.7. The Labute approximate surface area is 189 Å². The van der Waals surface area contributed by atoms with Gasteiger partial charge in [-0.15, -0.1) is 0 Å². The van der Waals surface area contributed by atoms with Crippen molar-refractivity contribution in [3.05, 3.63) is 89.3 Å². The standard InChI is InChI=1S/C26H29NO5/c1-4-5-15-27-16-21(25(28)30-2)24(22(17-27)26(29)31-3)20-13-9-10-14-23(20)32-18-19-11-7-6-8-12-19/h6-14,16-17,24H,4-5,15,18H2,1-3H3. The molecule has 0 saturated heterocycles. The summed E-state index contributed by atoms with van der Waals surface area (Å²) < 4.78 is 16.3. The molecule has 0 bridgehead atoms. The van der Waals surface area contributed by atoms with Crippen LogP contribution in [0.5, 0.6) is 5.75 Å². The Kier molecular flexibility index (Phi) is 8.08. The van der Waals surface area contributed by atoms with Gasteiger partial charge in [-0.25, -0.2) is 9.59 Å². The van der Waals surface area contributed by atoms with Crippen LogP contribution in [0.2, 0.25) is 0 Å². The van der Waals surface area contributed by atoms with Gasteiger partial charge < -0.3 is 19.1 Å². The van der Waals surface area contributed by atoms with E-state index in [4.69, 9.17) is 14.2 Å². The van der Waals surface area contributed by atoms with Crippen LogP contribution in [0.4, 0.5) is 0 Å². The Bertz CT molecular complexity index is 962. The summed E-state index contributed by atoms with van der Waals surface area (Å²) in [4.78, 5) is 27.4. The number of nitrogens with zero attached hydrogens (tertiary/aromatic N) is 1. The van der Waals surface area contributed by atoms with Crippen LogP contribution in [0.3, 0.4) is 0 Å². The number of rotatable bonds is 9. The van der Waals surface area contributed by atoms with E-state index in [2.05, 4.69) is 6.92 Å². The Morgan fingerprint density at radius 2 is 1.47 bits per heavy atom. The van der Waals surface area contributed by atoms with Crippen LogP contribution in [0.25, 0.3) is 0 Å². The van der Waals surface area contributed by atoms with Crippen LogP contribution >= 0.6 is 0 Å². The maximum absolute atomic E-state index is 12.8. The van der Waals surface area contributed by atoms with Crippen molar-refractivity contribution in [3.8, 4) is 5.75 Å². The predicted molar refractivity (Wildman–Crippen MR) is 122 cm³/mol. The van der Waals surface area contributed by atoms with Crippen molar-refractivity contribution in [1.82, 2.24) is 4.90 Å². The Hall–Kier alpha value is -3.54. The van der Waals surface area contributed by atoms with Crippen LogP contribution in [-0.4, -0.2) is 37.6 Å². The van der Waals surface area contributed by atoms with E-state index >= 15 is 0 Å². The quantitative estimate of drug-likeness (QED) is 0.537. The van der Waals surface area contributed by atoms with Crippen molar-refractivity contribution in [2.45, 2.75) is 32.3 Å². The van der Waals surface area contributed by atoms with E-state index in [-0.39, 0.29) is 0 Å². The van der Waals surface area contributed by atoms with Crippen molar-refractivity contribution in [2.75, 3.05) is 20.8 Å². The third kappa shape index (κ3) is 5.38. The van der Waals surface area contributed by atoms with Crippen LogP contribution in [0.15, 0.2) is 78.1 Å². The molecule has 0 amide bonds. The largest absolute Gasteiger partial charge is 0.489 e. The van der Waals surface area contributed by atoms with Crippen molar-refractivity contribution in [2.24, 2.45) is 0 Å². The van der Waals surface area contributed by atoms with Gasteiger partial charge in [-0.3, -0.25) is 0 Å². The molecule has 1 aliphatic rings. The fraction of sp³-hybridized carbons (Fsp3) is 0.308. The van der Waals surface area contributed by atoms with E-state index in [1.807, 2.05) is 59.5 Å². The van der Waals surface area contributed by atoms with Crippen molar-refractivity contribution >= 4 is 11.9 Å². The van der Waals surface area contributed by atoms with Gasteiger partial charge in [0.1, 0.15) is 12.4 Å². The van der Waals surface area contributed by atoms with E-state index in [9.17, 15) is 9.59 Å². The molecule has 0 aromatic heterocycles. The van der Waals surface area contributed by atoms with Crippen LogP contribution < -0.4 is 4.74 Å².